The SMILES string of the molecule is CCCCCC(C)Nc1ccnc(NCCC)c1. The van der Waals surface area contributed by atoms with Crippen LogP contribution in [0.4, 0.5) is 11.5 Å². The van der Waals surface area contributed by atoms with Gasteiger partial charge in [-0.1, -0.05) is 33.1 Å². The number of aromatic nitrogens is 1. The summed E-state index contributed by atoms with van der Waals surface area (Å²) in [6.07, 6.45) is 8.12. The Morgan fingerprint density at radius 1 is 1.22 bits per heavy atom. The Bertz CT molecular complexity index is 325. The average molecular weight is 249 g/mol. The van der Waals surface area contributed by atoms with Gasteiger partial charge in [-0.2, -0.15) is 0 Å². The average Bonchev–Trinajstić information content (AvgIpc) is 2.37. The topological polar surface area (TPSA) is 37.0 Å². The van der Waals surface area contributed by atoms with Gasteiger partial charge in [0.05, 0.1) is 0 Å². The Balaban J connectivity index is 2.40. The van der Waals surface area contributed by atoms with E-state index in [1.54, 1.807) is 0 Å². The summed E-state index contributed by atoms with van der Waals surface area (Å²) < 4.78 is 0. The fourth-order valence-corrected chi connectivity index (χ4v) is 1.93. The monoisotopic (exact) mass is 249 g/mol. The second kappa shape index (κ2) is 8.78. The zero-order chi connectivity index (χ0) is 13.2. The van der Waals surface area contributed by atoms with Gasteiger partial charge >= 0.3 is 0 Å². The maximum atomic E-state index is 4.31. The maximum Gasteiger partial charge on any atom is 0.127 e. The molecule has 0 aromatic carbocycles. The molecule has 0 saturated carbocycles. The van der Waals surface area contributed by atoms with Crippen LogP contribution in [0, 0.1) is 0 Å². The van der Waals surface area contributed by atoms with Crippen molar-refractivity contribution < 1.29 is 0 Å². The fourth-order valence-electron chi connectivity index (χ4n) is 1.93. The number of anilines is 2. The van der Waals surface area contributed by atoms with Crippen LogP contribution in [0.15, 0.2) is 18.3 Å². The lowest BCUT2D eigenvalue weighted by atomic mass is 10.1. The van der Waals surface area contributed by atoms with Crippen LogP contribution in [0.1, 0.15) is 52.9 Å². The van der Waals surface area contributed by atoms with Crippen LogP contribution in [0.2, 0.25) is 0 Å². The van der Waals surface area contributed by atoms with E-state index in [1.807, 2.05) is 12.3 Å². The van der Waals surface area contributed by atoms with Crippen LogP contribution < -0.4 is 10.6 Å². The third-order valence-corrected chi connectivity index (χ3v) is 2.97. The van der Waals surface area contributed by atoms with Crippen molar-refractivity contribution in [2.75, 3.05) is 17.2 Å². The molecule has 1 heterocycles. The minimum absolute atomic E-state index is 0.526. The molecule has 1 atom stereocenters. The van der Waals surface area contributed by atoms with Crippen molar-refractivity contribution in [1.29, 1.82) is 0 Å². The van der Waals surface area contributed by atoms with Crippen molar-refractivity contribution in [1.82, 2.24) is 4.98 Å². The van der Waals surface area contributed by atoms with Crippen LogP contribution in [0.25, 0.3) is 0 Å². The Labute approximate surface area is 111 Å². The molecule has 3 nitrogen and oxygen atoms in total. The highest BCUT2D eigenvalue weighted by atomic mass is 15.0. The van der Waals surface area contributed by atoms with Gasteiger partial charge in [-0.3, -0.25) is 0 Å². The van der Waals surface area contributed by atoms with E-state index in [0.29, 0.717) is 6.04 Å². The largest absolute Gasteiger partial charge is 0.382 e. The third kappa shape index (κ3) is 5.89. The molecule has 0 spiro atoms. The maximum absolute atomic E-state index is 4.31. The summed E-state index contributed by atoms with van der Waals surface area (Å²) in [5.74, 6) is 0.961. The minimum atomic E-state index is 0.526. The van der Waals surface area contributed by atoms with E-state index >= 15 is 0 Å². The fraction of sp³-hybridized carbons (Fsp3) is 0.667. The number of nitrogens with one attached hydrogen (secondary N) is 2. The summed E-state index contributed by atoms with van der Waals surface area (Å²) in [6, 6.07) is 4.65. The van der Waals surface area contributed by atoms with E-state index < -0.39 is 0 Å². The first-order chi connectivity index (χ1) is 8.76. The second-order valence-electron chi connectivity index (χ2n) is 4.90. The van der Waals surface area contributed by atoms with E-state index in [2.05, 4.69) is 42.5 Å². The summed E-state index contributed by atoms with van der Waals surface area (Å²) in [5.41, 5.74) is 1.16. The van der Waals surface area contributed by atoms with Crippen molar-refractivity contribution in [3.8, 4) is 0 Å². The predicted molar refractivity (Wildman–Crippen MR) is 80.2 cm³/mol. The number of nitrogens with zero attached hydrogens (tertiary/aromatic N) is 1. The lowest BCUT2D eigenvalue weighted by Gasteiger charge is -2.15. The molecule has 0 aliphatic carbocycles. The first kappa shape index (κ1) is 14.8. The van der Waals surface area contributed by atoms with Gasteiger partial charge < -0.3 is 10.6 Å². The van der Waals surface area contributed by atoms with Gasteiger partial charge in [0.2, 0.25) is 0 Å². The predicted octanol–water partition coefficient (Wildman–Crippen LogP) is 4.28. The molecule has 18 heavy (non-hydrogen) atoms. The van der Waals surface area contributed by atoms with Crippen LogP contribution in [-0.2, 0) is 0 Å². The Morgan fingerprint density at radius 2 is 2.06 bits per heavy atom. The summed E-state index contributed by atoms with van der Waals surface area (Å²) >= 11 is 0. The molecule has 102 valence electrons. The molecule has 0 saturated heterocycles. The molecule has 1 rings (SSSR count). The van der Waals surface area contributed by atoms with Crippen molar-refractivity contribution >= 4 is 11.5 Å². The lowest BCUT2D eigenvalue weighted by molar-refractivity contribution is 0.615. The summed E-state index contributed by atoms with van der Waals surface area (Å²) in [6.45, 7) is 7.62. The first-order valence-electron chi connectivity index (χ1n) is 7.22. The van der Waals surface area contributed by atoms with E-state index in [0.717, 1.165) is 24.5 Å². The van der Waals surface area contributed by atoms with Crippen molar-refractivity contribution in [3.63, 3.8) is 0 Å². The lowest BCUT2D eigenvalue weighted by Crippen LogP contribution is -2.15. The Morgan fingerprint density at radius 3 is 2.78 bits per heavy atom. The van der Waals surface area contributed by atoms with E-state index in [1.165, 1.54) is 25.7 Å². The zero-order valence-electron chi connectivity index (χ0n) is 12.0. The molecule has 0 aliphatic heterocycles. The molecule has 1 aromatic rings. The standard InChI is InChI=1S/C15H27N3/c1-4-6-7-8-13(3)18-14-9-11-17-15(12-14)16-10-5-2/h9,11-13H,4-8,10H2,1-3H3,(H2,16,17,18). The molecule has 0 radical (unpaired) electrons. The highest BCUT2D eigenvalue weighted by Crippen LogP contribution is 2.15. The van der Waals surface area contributed by atoms with Gasteiger partial charge in [0.1, 0.15) is 5.82 Å². The Hall–Kier alpha value is -1.25. The molecule has 0 bridgehead atoms. The van der Waals surface area contributed by atoms with Crippen LogP contribution >= 0.6 is 0 Å². The van der Waals surface area contributed by atoms with Gasteiger partial charge in [-0.05, 0) is 25.8 Å². The Kier molecular flexibility index (Phi) is 7.23. The van der Waals surface area contributed by atoms with Gasteiger partial charge in [0.15, 0.2) is 0 Å². The van der Waals surface area contributed by atoms with Crippen molar-refractivity contribution in [2.45, 2.75) is 58.9 Å². The molecule has 1 aromatic heterocycles. The zero-order valence-corrected chi connectivity index (χ0v) is 12.0. The van der Waals surface area contributed by atoms with E-state index in [-0.39, 0.29) is 0 Å². The summed E-state index contributed by atoms with van der Waals surface area (Å²) in [5, 5.41) is 6.85. The first-order valence-corrected chi connectivity index (χ1v) is 7.22. The second-order valence-corrected chi connectivity index (χ2v) is 4.90. The molecule has 2 N–H and O–H groups in total. The van der Waals surface area contributed by atoms with Crippen molar-refractivity contribution in [2.24, 2.45) is 0 Å². The molecular weight excluding hydrogens is 222 g/mol. The molecular formula is C15H27N3. The molecule has 1 unspecified atom stereocenters. The van der Waals surface area contributed by atoms with Crippen molar-refractivity contribution in [3.05, 3.63) is 18.3 Å². The van der Waals surface area contributed by atoms with Crippen LogP contribution in [0.5, 0.6) is 0 Å². The molecule has 0 fully saturated rings. The van der Waals surface area contributed by atoms with Crippen LogP contribution in [0.3, 0.4) is 0 Å². The summed E-state index contributed by atoms with van der Waals surface area (Å²) in [4.78, 5) is 4.31. The molecule has 3 heteroatoms. The number of unbranched alkanes of at least 4 members (excludes halogenated alkanes) is 2. The summed E-state index contributed by atoms with van der Waals surface area (Å²) in [7, 11) is 0. The molecule has 0 aliphatic rings. The normalized spacial score (nSPS) is 12.2. The number of hydrogen-bond donors (Lipinski definition) is 2. The quantitative estimate of drug-likeness (QED) is 0.641. The number of rotatable bonds is 9. The minimum Gasteiger partial charge on any atom is -0.382 e. The van der Waals surface area contributed by atoms with E-state index in [4.69, 9.17) is 0 Å². The molecule has 0 amide bonds. The van der Waals surface area contributed by atoms with Gasteiger partial charge in [0, 0.05) is 30.5 Å². The van der Waals surface area contributed by atoms with Gasteiger partial charge in [-0.15, -0.1) is 0 Å². The smallest absolute Gasteiger partial charge is 0.127 e. The van der Waals surface area contributed by atoms with Gasteiger partial charge in [-0.25, -0.2) is 4.98 Å². The highest BCUT2D eigenvalue weighted by Gasteiger charge is 2.02. The van der Waals surface area contributed by atoms with E-state index in [9.17, 15) is 0 Å². The van der Waals surface area contributed by atoms with Crippen LogP contribution in [-0.4, -0.2) is 17.6 Å². The number of pyridine rings is 1. The third-order valence-electron chi connectivity index (χ3n) is 2.97. The number of hydrogen-bond acceptors (Lipinski definition) is 3. The van der Waals surface area contributed by atoms with Gasteiger partial charge in [0.25, 0.3) is 0 Å². The highest BCUT2D eigenvalue weighted by molar-refractivity contribution is 5.52.